The molecule has 0 unspecified atom stereocenters. The topological polar surface area (TPSA) is 6.48 Å². The fraction of sp³-hybridized carbons (Fsp3) is 0.316. The summed E-state index contributed by atoms with van der Waals surface area (Å²) in [5, 5.41) is 0. The molecule has 2 aromatic rings. The molecule has 0 bridgehead atoms. The summed E-state index contributed by atoms with van der Waals surface area (Å²) in [5.74, 6) is 0. The smallest absolute Gasteiger partial charge is 0.0363 e. The predicted octanol–water partition coefficient (Wildman–Crippen LogP) is 4.03. The number of nitrogens with zero attached hydrogens (tertiary/aromatic N) is 2. The summed E-state index contributed by atoms with van der Waals surface area (Å²) in [6.07, 6.45) is 4.57. The van der Waals surface area contributed by atoms with E-state index in [-0.39, 0.29) is 0 Å². The van der Waals surface area contributed by atoms with Gasteiger partial charge in [0.05, 0.1) is 0 Å². The van der Waals surface area contributed by atoms with E-state index in [2.05, 4.69) is 92.0 Å². The molecule has 0 aliphatic rings. The molecule has 0 saturated carbocycles. The van der Waals surface area contributed by atoms with Gasteiger partial charge in [-0.05, 0) is 49.1 Å². The van der Waals surface area contributed by atoms with Crippen molar-refractivity contribution < 1.29 is 0 Å². The van der Waals surface area contributed by atoms with Crippen LogP contribution in [0.1, 0.15) is 12.0 Å². The van der Waals surface area contributed by atoms with Gasteiger partial charge >= 0.3 is 0 Å². The van der Waals surface area contributed by atoms with E-state index in [0.29, 0.717) is 0 Å². The summed E-state index contributed by atoms with van der Waals surface area (Å²) < 4.78 is 0. The molecular formula is C19H25N2. The van der Waals surface area contributed by atoms with Gasteiger partial charge in [0.1, 0.15) is 0 Å². The first-order valence-corrected chi connectivity index (χ1v) is 7.51. The van der Waals surface area contributed by atoms with Gasteiger partial charge in [-0.25, -0.2) is 0 Å². The van der Waals surface area contributed by atoms with Gasteiger partial charge in [-0.3, -0.25) is 0 Å². The van der Waals surface area contributed by atoms with Crippen LogP contribution in [0.4, 0.5) is 11.4 Å². The van der Waals surface area contributed by atoms with Crippen LogP contribution in [0.2, 0.25) is 0 Å². The van der Waals surface area contributed by atoms with Gasteiger partial charge in [0.2, 0.25) is 0 Å². The standard InChI is InChI=1S/C19H25N2/c1-20(2)18-14-12-17(13-15-18)9-7-8-16-21(3)19-10-5-4-6-11-19/h4-6,8,10-15H,7,9,16H2,1-3H3. The van der Waals surface area contributed by atoms with E-state index < -0.39 is 0 Å². The molecule has 2 nitrogen and oxygen atoms in total. The molecule has 0 N–H and O–H groups in total. The van der Waals surface area contributed by atoms with Crippen molar-refractivity contribution in [1.29, 1.82) is 0 Å². The molecular weight excluding hydrogens is 256 g/mol. The van der Waals surface area contributed by atoms with Crippen molar-refractivity contribution in [3.05, 3.63) is 66.6 Å². The largest absolute Gasteiger partial charge is 0.378 e. The second-order valence-electron chi connectivity index (χ2n) is 5.60. The van der Waals surface area contributed by atoms with E-state index >= 15 is 0 Å². The summed E-state index contributed by atoms with van der Waals surface area (Å²) >= 11 is 0. The highest BCUT2D eigenvalue weighted by atomic mass is 15.1. The monoisotopic (exact) mass is 281 g/mol. The molecule has 111 valence electrons. The van der Waals surface area contributed by atoms with Gasteiger partial charge in [0.25, 0.3) is 0 Å². The lowest BCUT2D eigenvalue weighted by Gasteiger charge is -2.18. The number of benzene rings is 2. The molecule has 0 aliphatic heterocycles. The van der Waals surface area contributed by atoms with Crippen molar-refractivity contribution in [2.45, 2.75) is 12.8 Å². The minimum absolute atomic E-state index is 0.986. The predicted molar refractivity (Wildman–Crippen MR) is 93.1 cm³/mol. The maximum absolute atomic E-state index is 2.35. The summed E-state index contributed by atoms with van der Waals surface area (Å²) in [5.41, 5.74) is 3.93. The van der Waals surface area contributed by atoms with E-state index in [4.69, 9.17) is 0 Å². The zero-order chi connectivity index (χ0) is 15.1. The molecule has 0 aromatic heterocycles. The Labute approximate surface area is 129 Å². The number of anilines is 2. The fourth-order valence-electron chi connectivity index (χ4n) is 2.30. The first-order chi connectivity index (χ1) is 10.2. The highest BCUT2D eigenvalue weighted by Crippen LogP contribution is 2.15. The van der Waals surface area contributed by atoms with E-state index in [9.17, 15) is 0 Å². The summed E-state index contributed by atoms with van der Waals surface area (Å²) in [6.45, 7) is 0.986. The number of hydrogen-bond acceptors (Lipinski definition) is 2. The van der Waals surface area contributed by atoms with Gasteiger partial charge < -0.3 is 9.80 Å². The SMILES string of the molecule is CN(C)c1ccc(CC[CH]CN(C)c2ccccc2)cc1. The number of para-hydroxylation sites is 1. The summed E-state index contributed by atoms with van der Waals surface area (Å²) in [7, 11) is 6.28. The minimum Gasteiger partial charge on any atom is -0.378 e. The lowest BCUT2D eigenvalue weighted by molar-refractivity contribution is 0.861. The van der Waals surface area contributed by atoms with Crippen LogP contribution in [0.5, 0.6) is 0 Å². The third-order valence-electron chi connectivity index (χ3n) is 3.69. The molecule has 1 radical (unpaired) electrons. The fourth-order valence-corrected chi connectivity index (χ4v) is 2.30. The quantitative estimate of drug-likeness (QED) is 0.707. The molecule has 0 atom stereocenters. The second kappa shape index (κ2) is 7.72. The van der Waals surface area contributed by atoms with Gasteiger partial charge in [0, 0.05) is 39.1 Å². The van der Waals surface area contributed by atoms with Crippen LogP contribution in [0.3, 0.4) is 0 Å². The van der Waals surface area contributed by atoms with E-state index in [0.717, 1.165) is 19.4 Å². The Morgan fingerprint density at radius 3 is 2.10 bits per heavy atom. The molecule has 2 rings (SSSR count). The first-order valence-electron chi connectivity index (χ1n) is 7.51. The Balaban J connectivity index is 1.72. The van der Waals surface area contributed by atoms with Crippen molar-refractivity contribution in [1.82, 2.24) is 0 Å². The summed E-state index contributed by atoms with van der Waals surface area (Å²) in [6, 6.07) is 19.3. The Morgan fingerprint density at radius 2 is 1.48 bits per heavy atom. The zero-order valence-electron chi connectivity index (χ0n) is 13.3. The van der Waals surface area contributed by atoms with E-state index in [1.807, 2.05) is 0 Å². The number of hydrogen-bond donors (Lipinski definition) is 0. The molecule has 0 amide bonds. The molecule has 2 heteroatoms. The first kappa shape index (κ1) is 15.4. The average molecular weight is 281 g/mol. The Morgan fingerprint density at radius 1 is 0.810 bits per heavy atom. The molecule has 21 heavy (non-hydrogen) atoms. The maximum atomic E-state index is 2.35. The Kier molecular flexibility index (Phi) is 5.68. The maximum Gasteiger partial charge on any atom is 0.0363 e. The Hall–Kier alpha value is -1.96. The molecule has 0 spiro atoms. The van der Waals surface area contributed by atoms with Crippen molar-refractivity contribution in [3.63, 3.8) is 0 Å². The van der Waals surface area contributed by atoms with Crippen LogP contribution in [-0.4, -0.2) is 27.7 Å². The molecule has 2 aromatic carbocycles. The van der Waals surface area contributed by atoms with Crippen molar-refractivity contribution in [2.24, 2.45) is 0 Å². The van der Waals surface area contributed by atoms with Crippen LogP contribution >= 0.6 is 0 Å². The third-order valence-corrected chi connectivity index (χ3v) is 3.69. The van der Waals surface area contributed by atoms with Crippen LogP contribution in [-0.2, 0) is 6.42 Å². The second-order valence-corrected chi connectivity index (χ2v) is 5.60. The van der Waals surface area contributed by atoms with Crippen LogP contribution < -0.4 is 9.80 Å². The minimum atomic E-state index is 0.986. The lowest BCUT2D eigenvalue weighted by atomic mass is 10.1. The average Bonchev–Trinajstić information content (AvgIpc) is 2.52. The van der Waals surface area contributed by atoms with Crippen LogP contribution in [0, 0.1) is 6.42 Å². The van der Waals surface area contributed by atoms with Gasteiger partial charge in [0.15, 0.2) is 0 Å². The Bertz CT molecular complexity index is 517. The van der Waals surface area contributed by atoms with Crippen molar-refractivity contribution >= 4 is 11.4 Å². The van der Waals surface area contributed by atoms with Crippen molar-refractivity contribution in [3.8, 4) is 0 Å². The highest BCUT2D eigenvalue weighted by molar-refractivity contribution is 5.46. The van der Waals surface area contributed by atoms with E-state index in [1.165, 1.54) is 16.9 Å². The number of unbranched alkanes of at least 4 members (excludes halogenated alkanes) is 1. The molecule has 0 saturated heterocycles. The number of rotatable bonds is 7. The highest BCUT2D eigenvalue weighted by Gasteiger charge is 2.00. The number of aryl methyl sites for hydroxylation is 1. The van der Waals surface area contributed by atoms with Crippen molar-refractivity contribution in [2.75, 3.05) is 37.5 Å². The van der Waals surface area contributed by atoms with Crippen LogP contribution in [0.15, 0.2) is 54.6 Å². The molecule has 0 aliphatic carbocycles. The molecule has 0 fully saturated rings. The van der Waals surface area contributed by atoms with Gasteiger partial charge in [-0.15, -0.1) is 0 Å². The normalized spacial score (nSPS) is 10.4. The zero-order valence-corrected chi connectivity index (χ0v) is 13.3. The lowest BCUT2D eigenvalue weighted by Crippen LogP contribution is -2.18. The third kappa shape index (κ3) is 4.82. The van der Waals surface area contributed by atoms with Crippen LogP contribution in [0.25, 0.3) is 0 Å². The van der Waals surface area contributed by atoms with Gasteiger partial charge in [-0.2, -0.15) is 0 Å². The molecule has 0 heterocycles. The van der Waals surface area contributed by atoms with E-state index in [1.54, 1.807) is 0 Å². The van der Waals surface area contributed by atoms with Gasteiger partial charge in [-0.1, -0.05) is 30.3 Å². The summed E-state index contributed by atoms with van der Waals surface area (Å²) in [4.78, 5) is 4.40.